The molecule has 0 amide bonds. The van der Waals surface area contributed by atoms with Crippen molar-refractivity contribution in [2.75, 3.05) is 4.90 Å². The Morgan fingerprint density at radius 2 is 0.891 bits per heavy atom. The van der Waals surface area contributed by atoms with Gasteiger partial charge in [0.1, 0.15) is 11.2 Å². The Bertz CT molecular complexity index is 3130. The van der Waals surface area contributed by atoms with E-state index in [0.29, 0.717) is 0 Å². The second-order valence-corrected chi connectivity index (χ2v) is 14.1. The number of hydrogen-bond acceptors (Lipinski definition) is 2. The zero-order chi connectivity index (χ0) is 36.3. The van der Waals surface area contributed by atoms with Crippen molar-refractivity contribution in [2.24, 2.45) is 0 Å². The maximum Gasteiger partial charge on any atom is 0.135 e. The van der Waals surface area contributed by atoms with Crippen molar-refractivity contribution in [1.82, 2.24) is 4.57 Å². The van der Waals surface area contributed by atoms with Crippen molar-refractivity contribution < 1.29 is 4.42 Å². The van der Waals surface area contributed by atoms with E-state index in [1.807, 2.05) is 12.1 Å². The predicted octanol–water partition coefficient (Wildman–Crippen LogP) is 14.6. The number of aromatic nitrogens is 1. The molecule has 3 heteroatoms. The van der Waals surface area contributed by atoms with Crippen molar-refractivity contribution in [3.05, 3.63) is 206 Å². The molecule has 0 N–H and O–H groups in total. The molecular weight excluding hydrogens is 669 g/mol. The molecule has 0 aliphatic rings. The second-order valence-electron chi connectivity index (χ2n) is 14.1. The fraction of sp³-hybridized carbons (Fsp3) is 0. The number of furan rings is 1. The lowest BCUT2D eigenvalue weighted by atomic mass is 9.91. The molecule has 0 atom stereocenters. The highest BCUT2D eigenvalue weighted by atomic mass is 16.3. The quantitative estimate of drug-likeness (QED) is 0.172. The van der Waals surface area contributed by atoms with Gasteiger partial charge in [-0.25, -0.2) is 0 Å². The molecule has 2 aromatic heterocycles. The van der Waals surface area contributed by atoms with Crippen LogP contribution in [0.25, 0.3) is 82.5 Å². The van der Waals surface area contributed by atoms with E-state index in [1.165, 1.54) is 54.8 Å². The van der Waals surface area contributed by atoms with Crippen LogP contribution in [0.1, 0.15) is 0 Å². The van der Waals surface area contributed by atoms with E-state index >= 15 is 0 Å². The largest absolute Gasteiger partial charge is 0.456 e. The molecule has 0 unspecified atom stereocenters. The number of hydrogen-bond donors (Lipinski definition) is 0. The van der Waals surface area contributed by atoms with Crippen LogP contribution in [-0.4, -0.2) is 4.57 Å². The van der Waals surface area contributed by atoms with Gasteiger partial charge in [0.2, 0.25) is 0 Å². The summed E-state index contributed by atoms with van der Waals surface area (Å²) < 4.78 is 8.61. The fourth-order valence-electron chi connectivity index (χ4n) is 8.48. The molecular formula is C52H34N2O. The molecule has 0 saturated heterocycles. The summed E-state index contributed by atoms with van der Waals surface area (Å²) in [5, 5.41) is 7.22. The van der Waals surface area contributed by atoms with Gasteiger partial charge in [-0.05, 0) is 106 Å². The average Bonchev–Trinajstić information content (AvgIpc) is 3.80. The Balaban J connectivity index is 1.06. The first-order valence-corrected chi connectivity index (χ1v) is 18.8. The second kappa shape index (κ2) is 12.6. The van der Waals surface area contributed by atoms with E-state index in [-0.39, 0.29) is 0 Å². The lowest BCUT2D eigenvalue weighted by Gasteiger charge is -2.26. The first kappa shape index (κ1) is 31.2. The molecule has 0 spiro atoms. The van der Waals surface area contributed by atoms with Gasteiger partial charge in [0.25, 0.3) is 0 Å². The number of benzene rings is 9. The van der Waals surface area contributed by atoms with Gasteiger partial charge in [0.05, 0.1) is 11.0 Å². The minimum atomic E-state index is 0.882. The van der Waals surface area contributed by atoms with Gasteiger partial charge in [-0.15, -0.1) is 0 Å². The number of rotatable bonds is 6. The zero-order valence-electron chi connectivity index (χ0n) is 29.9. The fourth-order valence-corrected chi connectivity index (χ4v) is 8.48. The topological polar surface area (TPSA) is 21.3 Å². The van der Waals surface area contributed by atoms with Crippen LogP contribution in [0.2, 0.25) is 0 Å². The summed E-state index contributed by atoms with van der Waals surface area (Å²) in [7, 11) is 0. The van der Waals surface area contributed by atoms with E-state index in [0.717, 1.165) is 44.7 Å². The maximum absolute atomic E-state index is 6.25. The highest BCUT2D eigenvalue weighted by molar-refractivity contribution is 6.10. The van der Waals surface area contributed by atoms with Crippen molar-refractivity contribution >= 4 is 71.6 Å². The van der Waals surface area contributed by atoms with Crippen LogP contribution in [0.15, 0.2) is 211 Å². The van der Waals surface area contributed by atoms with Crippen LogP contribution < -0.4 is 4.90 Å². The Morgan fingerprint density at radius 1 is 0.364 bits per heavy atom. The van der Waals surface area contributed by atoms with Crippen LogP contribution in [0.4, 0.5) is 17.1 Å². The summed E-state index contributed by atoms with van der Waals surface area (Å²) in [5.41, 5.74) is 13.4. The number of para-hydroxylation sites is 3. The normalized spacial score (nSPS) is 11.6. The Hall–Kier alpha value is -7.36. The number of fused-ring (bicyclic) bond motifs is 7. The minimum Gasteiger partial charge on any atom is -0.456 e. The van der Waals surface area contributed by atoms with Gasteiger partial charge in [-0.1, -0.05) is 133 Å². The van der Waals surface area contributed by atoms with Gasteiger partial charge in [-0.2, -0.15) is 0 Å². The van der Waals surface area contributed by atoms with E-state index in [1.54, 1.807) is 0 Å². The summed E-state index contributed by atoms with van der Waals surface area (Å²) >= 11 is 0. The van der Waals surface area contributed by atoms with Crippen LogP contribution in [-0.2, 0) is 0 Å². The molecule has 9 aromatic carbocycles. The molecule has 11 rings (SSSR count). The lowest BCUT2D eigenvalue weighted by Crippen LogP contribution is -2.10. The zero-order valence-corrected chi connectivity index (χ0v) is 29.9. The molecule has 11 aromatic rings. The van der Waals surface area contributed by atoms with Crippen LogP contribution in [0.3, 0.4) is 0 Å². The van der Waals surface area contributed by atoms with Gasteiger partial charge >= 0.3 is 0 Å². The molecule has 0 aliphatic heterocycles. The lowest BCUT2D eigenvalue weighted by molar-refractivity contribution is 0.669. The summed E-state index contributed by atoms with van der Waals surface area (Å²) in [5.74, 6) is 0. The molecule has 3 nitrogen and oxygen atoms in total. The Kier molecular flexibility index (Phi) is 7.17. The molecule has 258 valence electrons. The standard InChI is InChI=1S/C52H34N2O/c1-2-12-35(13-3-1)42-19-10-14-37-15-11-20-43(52(37)42)36-24-26-38(27-25-36)53(41-32-33-51-47(34-41)46-18-6-9-23-50(46)55-51)39-28-30-40(31-29-39)54-48-21-7-4-16-44(48)45-17-5-8-22-49(45)54/h1-34H. The van der Waals surface area contributed by atoms with Crippen LogP contribution in [0.5, 0.6) is 0 Å². The van der Waals surface area contributed by atoms with Crippen molar-refractivity contribution in [1.29, 1.82) is 0 Å². The molecule has 55 heavy (non-hydrogen) atoms. The van der Waals surface area contributed by atoms with Gasteiger partial charge in [0.15, 0.2) is 0 Å². The van der Waals surface area contributed by atoms with Crippen LogP contribution in [0, 0.1) is 0 Å². The monoisotopic (exact) mass is 702 g/mol. The average molecular weight is 703 g/mol. The third-order valence-corrected chi connectivity index (χ3v) is 11.0. The summed E-state index contributed by atoms with van der Waals surface area (Å²) in [4.78, 5) is 2.35. The van der Waals surface area contributed by atoms with Crippen molar-refractivity contribution in [2.45, 2.75) is 0 Å². The smallest absolute Gasteiger partial charge is 0.135 e. The molecule has 0 aliphatic carbocycles. The SMILES string of the molecule is c1ccc(-c2cccc3cccc(-c4ccc(N(c5ccc(-n6c7ccccc7c7ccccc76)cc5)c5ccc6oc7ccccc7c6c5)cc4)c23)cc1. The number of nitrogens with zero attached hydrogens (tertiary/aromatic N) is 2. The van der Waals surface area contributed by atoms with Crippen LogP contribution >= 0.6 is 0 Å². The first-order valence-electron chi connectivity index (χ1n) is 18.8. The highest BCUT2D eigenvalue weighted by Crippen LogP contribution is 2.42. The third kappa shape index (κ3) is 5.13. The highest BCUT2D eigenvalue weighted by Gasteiger charge is 2.18. The Morgan fingerprint density at radius 3 is 1.56 bits per heavy atom. The van der Waals surface area contributed by atoms with Gasteiger partial charge in [-0.3, -0.25) is 0 Å². The summed E-state index contributed by atoms with van der Waals surface area (Å²) in [6, 6.07) is 74.0. The van der Waals surface area contributed by atoms with E-state index < -0.39 is 0 Å². The minimum absolute atomic E-state index is 0.882. The Labute approximate surface area is 318 Å². The van der Waals surface area contributed by atoms with E-state index in [4.69, 9.17) is 4.42 Å². The molecule has 0 radical (unpaired) electrons. The number of anilines is 3. The summed E-state index contributed by atoms with van der Waals surface area (Å²) in [6.45, 7) is 0. The predicted molar refractivity (Wildman–Crippen MR) is 231 cm³/mol. The van der Waals surface area contributed by atoms with Crippen molar-refractivity contribution in [3.8, 4) is 27.9 Å². The van der Waals surface area contributed by atoms with Gasteiger partial charge < -0.3 is 13.9 Å². The molecule has 0 bridgehead atoms. The van der Waals surface area contributed by atoms with Gasteiger partial charge in [0, 0.05) is 44.3 Å². The molecule has 0 fully saturated rings. The van der Waals surface area contributed by atoms with E-state index in [2.05, 4.69) is 204 Å². The molecule has 0 saturated carbocycles. The first-order chi connectivity index (χ1) is 27.3. The maximum atomic E-state index is 6.25. The third-order valence-electron chi connectivity index (χ3n) is 11.0. The van der Waals surface area contributed by atoms with E-state index in [9.17, 15) is 0 Å². The van der Waals surface area contributed by atoms with Crippen molar-refractivity contribution in [3.63, 3.8) is 0 Å². The molecule has 2 heterocycles. The summed E-state index contributed by atoms with van der Waals surface area (Å²) in [6.07, 6.45) is 0.